The van der Waals surface area contributed by atoms with Crippen molar-refractivity contribution in [1.82, 2.24) is 28.7 Å². The van der Waals surface area contributed by atoms with Gasteiger partial charge in [0.2, 0.25) is 17.8 Å². The molecule has 0 aliphatic carbocycles. The predicted octanol–water partition coefficient (Wildman–Crippen LogP) is 10.2. The molecule has 6 nitrogen and oxygen atoms in total. The monoisotopic (exact) mass is 1010 g/mol. The van der Waals surface area contributed by atoms with E-state index >= 15 is 0 Å². The molecule has 1 aliphatic rings. The van der Waals surface area contributed by atoms with Gasteiger partial charge in [-0.3, -0.25) is 13.7 Å². The lowest BCUT2D eigenvalue weighted by molar-refractivity contribution is 0.848. The molecule has 15 aromatic rings. The van der Waals surface area contributed by atoms with E-state index in [2.05, 4.69) is 293 Å². The fourth-order valence-corrected chi connectivity index (χ4v) is 25.6. The maximum Gasteiger partial charge on any atom is 0.241 e. The molecule has 5 heterocycles. The van der Waals surface area contributed by atoms with Gasteiger partial charge >= 0.3 is 0 Å². The molecule has 0 saturated heterocycles. The maximum atomic E-state index is 5.67. The van der Waals surface area contributed by atoms with Crippen LogP contribution >= 0.6 is 0 Å². The Morgan fingerprint density at radius 3 is 0.779 bits per heavy atom. The Bertz CT molecular complexity index is 4500. The van der Waals surface area contributed by atoms with Crippen molar-refractivity contribution in [2.45, 2.75) is 0 Å². The van der Waals surface area contributed by atoms with Gasteiger partial charge < -0.3 is 0 Å². The van der Waals surface area contributed by atoms with Gasteiger partial charge in [-0.15, -0.1) is 0 Å². The van der Waals surface area contributed by atoms with Crippen LogP contribution in [0.15, 0.2) is 279 Å². The van der Waals surface area contributed by atoms with Crippen LogP contribution in [0.4, 0.5) is 0 Å². The summed E-state index contributed by atoms with van der Waals surface area (Å²) >= 11 is 0. The second-order valence-electron chi connectivity index (χ2n) is 20.2. The fraction of sp³-hybridized carbons (Fsp3) is 0. The van der Waals surface area contributed by atoms with Crippen LogP contribution in [0, 0.1) is 0 Å². The molecule has 16 rings (SSSR count). The second-order valence-corrected chi connectivity index (χ2v) is 27.7. The van der Waals surface area contributed by atoms with Gasteiger partial charge in [-0.1, -0.05) is 243 Å². The average molecular weight is 1020 g/mol. The summed E-state index contributed by atoms with van der Waals surface area (Å²) < 4.78 is 6.75. The Hall–Kier alpha value is -9.74. The van der Waals surface area contributed by atoms with Gasteiger partial charge in [-0.05, 0) is 77.9 Å². The lowest BCUT2D eigenvalue weighted by atomic mass is 10.1. The number of rotatable bonds is 7. The zero-order chi connectivity index (χ0) is 50.7. The lowest BCUT2D eigenvalue weighted by Crippen LogP contribution is -2.93. The highest BCUT2D eigenvalue weighted by Gasteiger charge is 2.56. The maximum absolute atomic E-state index is 5.67. The van der Waals surface area contributed by atoms with Crippen LogP contribution in [0.2, 0.25) is 0 Å². The van der Waals surface area contributed by atoms with Crippen LogP contribution < -0.4 is 41.5 Å². The van der Waals surface area contributed by atoms with Gasteiger partial charge in [0.05, 0.1) is 33.1 Å². The van der Waals surface area contributed by atoms with Crippen LogP contribution in [0.5, 0.6) is 0 Å². The fourth-order valence-electron chi connectivity index (χ4n) is 13.5. The first kappa shape index (κ1) is 43.6. The van der Waals surface area contributed by atoms with E-state index in [0.29, 0.717) is 17.8 Å². The van der Waals surface area contributed by atoms with Crippen molar-refractivity contribution in [3.8, 4) is 17.8 Å². The molecule has 0 atom stereocenters. The van der Waals surface area contributed by atoms with Crippen molar-refractivity contribution in [3.63, 3.8) is 0 Å². The molecule has 0 bridgehead atoms. The highest BCUT2D eigenvalue weighted by Crippen LogP contribution is 2.36. The standard InChI is InChI=1S/C69H46N6Si2/c1-4-24-47(25-5-1)76(48-26-6-2-7-27-48)63-40-20-22-42-65(63)77(49-28-8-3-9-29-49,66-43-23-21-41-64(66)76)50-44-45-56-55-34-14-19-39-61(55)75(62(56)46-50)69-71-67(73-57-35-15-10-30-51(57)52-31-11-16-36-58(52)73)70-68(72-69)74-59-37-17-12-32-53(59)54-33-13-18-38-60(54)74/h1-46H. The molecule has 8 heteroatoms. The molecule has 0 N–H and O–H groups in total. The van der Waals surface area contributed by atoms with Crippen molar-refractivity contribution >= 4 is 123 Å². The van der Waals surface area contributed by atoms with E-state index in [1.54, 1.807) is 0 Å². The first-order chi connectivity index (χ1) is 38.2. The number of fused-ring (bicyclic) bond motifs is 11. The summed E-state index contributed by atoms with van der Waals surface area (Å²) in [6, 6.07) is 103. The number of hydrogen-bond donors (Lipinski definition) is 0. The molecular formula is C69H46N6Si2. The number of benzene rings is 11. The Kier molecular flexibility index (Phi) is 9.57. The Labute approximate surface area is 446 Å². The van der Waals surface area contributed by atoms with E-state index in [-0.39, 0.29) is 0 Å². The van der Waals surface area contributed by atoms with Gasteiger partial charge in [0.1, 0.15) is 0 Å². The second kappa shape index (κ2) is 16.9. The summed E-state index contributed by atoms with van der Waals surface area (Å²) in [6.07, 6.45) is 0. The van der Waals surface area contributed by atoms with Gasteiger partial charge in [-0.2, -0.15) is 15.0 Å². The topological polar surface area (TPSA) is 53.5 Å². The number of para-hydroxylation sites is 5. The molecule has 0 saturated carbocycles. The minimum absolute atomic E-state index is 0.538. The zero-order valence-corrected chi connectivity index (χ0v) is 43.7. The van der Waals surface area contributed by atoms with E-state index in [4.69, 9.17) is 15.0 Å². The van der Waals surface area contributed by atoms with Crippen LogP contribution in [-0.2, 0) is 0 Å². The molecule has 0 amide bonds. The zero-order valence-electron chi connectivity index (χ0n) is 41.7. The smallest absolute Gasteiger partial charge is 0.241 e. The van der Waals surface area contributed by atoms with Crippen LogP contribution in [0.25, 0.3) is 83.3 Å². The summed E-state index contributed by atoms with van der Waals surface area (Å²) in [5, 5.41) is 17.9. The predicted molar refractivity (Wildman–Crippen MR) is 324 cm³/mol. The van der Waals surface area contributed by atoms with Crippen molar-refractivity contribution in [2.75, 3.05) is 0 Å². The first-order valence-corrected chi connectivity index (χ1v) is 30.4. The highest BCUT2D eigenvalue weighted by molar-refractivity contribution is 7.33. The van der Waals surface area contributed by atoms with E-state index in [0.717, 1.165) is 65.4 Å². The average Bonchev–Trinajstić information content (AvgIpc) is 4.16. The number of aromatic nitrogens is 6. The van der Waals surface area contributed by atoms with Crippen LogP contribution in [0.3, 0.4) is 0 Å². The highest BCUT2D eigenvalue weighted by atomic mass is 28.3. The lowest BCUT2D eigenvalue weighted by Gasteiger charge is -2.48. The van der Waals surface area contributed by atoms with Crippen molar-refractivity contribution in [2.24, 2.45) is 0 Å². The molecule has 0 spiro atoms. The van der Waals surface area contributed by atoms with Gasteiger partial charge in [0.15, 0.2) is 16.1 Å². The molecule has 0 unspecified atom stereocenters. The SMILES string of the molecule is c1ccc([Si]2(c3ccccc3)c3ccccc3[Si](c3ccccc3)(c3ccc4c5ccccc5n(-c5nc(-n6c7ccccc7c7ccccc76)nc(-n6c7ccccc7c7ccccc76)n5)c4c3)c3ccccc32)cc1. The summed E-state index contributed by atoms with van der Waals surface area (Å²) in [6.45, 7) is 0. The number of hydrogen-bond acceptors (Lipinski definition) is 3. The normalized spacial score (nSPS) is 13.7. The summed E-state index contributed by atoms with van der Waals surface area (Å²) in [5.41, 5.74) is 6.17. The van der Waals surface area contributed by atoms with E-state index in [9.17, 15) is 0 Å². The Morgan fingerprint density at radius 2 is 0.455 bits per heavy atom. The molecule has 77 heavy (non-hydrogen) atoms. The summed E-state index contributed by atoms with van der Waals surface area (Å²) in [4.78, 5) is 16.9. The van der Waals surface area contributed by atoms with Crippen LogP contribution in [0.1, 0.15) is 0 Å². The molecule has 1 aliphatic heterocycles. The van der Waals surface area contributed by atoms with Crippen molar-refractivity contribution < 1.29 is 0 Å². The van der Waals surface area contributed by atoms with Crippen molar-refractivity contribution in [1.29, 1.82) is 0 Å². The largest absolute Gasteiger partial charge is 0.278 e. The van der Waals surface area contributed by atoms with Gasteiger partial charge in [0, 0.05) is 32.3 Å². The van der Waals surface area contributed by atoms with E-state index in [1.807, 2.05) is 0 Å². The molecule has 4 aromatic heterocycles. The number of nitrogens with zero attached hydrogens (tertiary/aromatic N) is 6. The quantitative estimate of drug-likeness (QED) is 0.150. The Balaban J connectivity index is 1.03. The first-order valence-electron chi connectivity index (χ1n) is 26.4. The summed E-state index contributed by atoms with van der Waals surface area (Å²) in [5.74, 6) is 1.62. The summed E-state index contributed by atoms with van der Waals surface area (Å²) in [7, 11) is -6.11. The van der Waals surface area contributed by atoms with Gasteiger partial charge in [-0.25, -0.2) is 0 Å². The minimum Gasteiger partial charge on any atom is -0.278 e. The van der Waals surface area contributed by atoms with Crippen molar-refractivity contribution in [3.05, 3.63) is 279 Å². The molecule has 11 aromatic carbocycles. The van der Waals surface area contributed by atoms with E-state index < -0.39 is 16.1 Å². The van der Waals surface area contributed by atoms with E-state index in [1.165, 1.54) is 41.5 Å². The third kappa shape index (κ3) is 6.07. The molecule has 0 fully saturated rings. The molecule has 0 radical (unpaired) electrons. The Morgan fingerprint density at radius 1 is 0.208 bits per heavy atom. The molecule has 360 valence electrons. The molecular weight excluding hydrogens is 969 g/mol. The third-order valence-electron chi connectivity index (χ3n) is 16.6. The third-order valence-corrected chi connectivity index (χ3v) is 26.8. The van der Waals surface area contributed by atoms with Crippen LogP contribution in [-0.4, -0.2) is 44.8 Å². The minimum atomic E-state index is -3.19. The van der Waals surface area contributed by atoms with Gasteiger partial charge in [0.25, 0.3) is 0 Å².